The number of benzene rings is 1. The van der Waals surface area contributed by atoms with Crippen molar-refractivity contribution >= 4 is 17.3 Å². The van der Waals surface area contributed by atoms with Crippen LogP contribution in [0.25, 0.3) is 0 Å². The van der Waals surface area contributed by atoms with Crippen molar-refractivity contribution in [2.24, 2.45) is 11.7 Å². The number of rotatable bonds is 4. The molecule has 0 radical (unpaired) electrons. The molecule has 1 aliphatic carbocycles. The summed E-state index contributed by atoms with van der Waals surface area (Å²) in [4.78, 5) is 13.6. The summed E-state index contributed by atoms with van der Waals surface area (Å²) in [6.45, 7) is 1.88. The van der Waals surface area contributed by atoms with Crippen molar-refractivity contribution in [2.45, 2.75) is 44.6 Å². The molecule has 1 amide bonds. The minimum atomic E-state index is 0.245. The van der Waals surface area contributed by atoms with E-state index in [9.17, 15) is 4.79 Å². The van der Waals surface area contributed by atoms with Gasteiger partial charge >= 0.3 is 0 Å². The zero-order valence-corrected chi connectivity index (χ0v) is 12.6. The van der Waals surface area contributed by atoms with Crippen molar-refractivity contribution in [3.05, 3.63) is 24.3 Å². The molecular formula is C17H25N3O. The molecule has 1 heterocycles. The van der Waals surface area contributed by atoms with Crippen LogP contribution in [0.2, 0.25) is 0 Å². The van der Waals surface area contributed by atoms with Gasteiger partial charge in [-0.15, -0.1) is 0 Å². The van der Waals surface area contributed by atoms with Crippen LogP contribution in [0.15, 0.2) is 24.3 Å². The molecule has 0 atom stereocenters. The first-order valence-electron chi connectivity index (χ1n) is 8.12. The maximum absolute atomic E-state index is 11.7. The largest absolute Gasteiger partial charge is 0.385 e. The summed E-state index contributed by atoms with van der Waals surface area (Å²) in [5, 5.41) is 3.51. The van der Waals surface area contributed by atoms with Crippen molar-refractivity contribution in [1.82, 2.24) is 0 Å². The molecule has 1 aromatic rings. The van der Waals surface area contributed by atoms with Crippen molar-refractivity contribution in [3.8, 4) is 0 Å². The molecule has 0 spiro atoms. The van der Waals surface area contributed by atoms with Gasteiger partial charge in [0.25, 0.3) is 0 Å². The van der Waals surface area contributed by atoms with E-state index in [4.69, 9.17) is 5.73 Å². The predicted molar refractivity (Wildman–Crippen MR) is 86.5 cm³/mol. The Bertz CT molecular complexity index is 477. The highest BCUT2D eigenvalue weighted by molar-refractivity contribution is 5.95. The minimum Gasteiger partial charge on any atom is -0.385 e. The standard InChI is InChI=1S/C17H25N3O/c18-14-5-3-13(4-6-14)12-19-15-7-9-16(10-8-15)20-11-1-2-17(20)21/h7-10,13-14,19H,1-6,11-12,18H2. The number of hydrogen-bond acceptors (Lipinski definition) is 3. The van der Waals surface area contributed by atoms with Gasteiger partial charge in [-0.3, -0.25) is 4.79 Å². The zero-order valence-electron chi connectivity index (χ0n) is 12.6. The second-order valence-corrected chi connectivity index (χ2v) is 6.36. The van der Waals surface area contributed by atoms with E-state index in [1.165, 1.54) is 12.8 Å². The summed E-state index contributed by atoms with van der Waals surface area (Å²) in [5.41, 5.74) is 8.10. The fraction of sp³-hybridized carbons (Fsp3) is 0.588. The fourth-order valence-electron chi connectivity index (χ4n) is 3.33. The van der Waals surface area contributed by atoms with Gasteiger partial charge in [0.1, 0.15) is 0 Å². The smallest absolute Gasteiger partial charge is 0.227 e. The first-order valence-corrected chi connectivity index (χ1v) is 8.12. The van der Waals surface area contributed by atoms with Gasteiger partial charge in [-0.1, -0.05) is 0 Å². The lowest BCUT2D eigenvalue weighted by molar-refractivity contribution is -0.117. The highest BCUT2D eigenvalue weighted by Crippen LogP contribution is 2.25. The zero-order chi connectivity index (χ0) is 14.7. The Kier molecular flexibility index (Phi) is 4.44. The van der Waals surface area contributed by atoms with E-state index in [2.05, 4.69) is 17.4 Å². The maximum atomic E-state index is 11.7. The molecule has 1 aromatic carbocycles. The molecule has 21 heavy (non-hydrogen) atoms. The number of nitrogens with two attached hydrogens (primary N) is 1. The molecule has 0 unspecified atom stereocenters. The average molecular weight is 287 g/mol. The van der Waals surface area contributed by atoms with E-state index in [0.29, 0.717) is 12.5 Å². The quantitative estimate of drug-likeness (QED) is 0.895. The first kappa shape index (κ1) is 14.4. The monoisotopic (exact) mass is 287 g/mol. The molecule has 4 nitrogen and oxygen atoms in total. The summed E-state index contributed by atoms with van der Waals surface area (Å²) in [6, 6.07) is 8.66. The third kappa shape index (κ3) is 3.56. The average Bonchev–Trinajstić information content (AvgIpc) is 2.93. The van der Waals surface area contributed by atoms with E-state index in [1.54, 1.807) is 0 Å². The summed E-state index contributed by atoms with van der Waals surface area (Å²) < 4.78 is 0. The van der Waals surface area contributed by atoms with E-state index in [1.807, 2.05) is 17.0 Å². The lowest BCUT2D eigenvalue weighted by Crippen LogP contribution is -2.29. The molecule has 1 aliphatic heterocycles. The molecular weight excluding hydrogens is 262 g/mol. The van der Waals surface area contributed by atoms with Gasteiger partial charge < -0.3 is 16.0 Å². The van der Waals surface area contributed by atoms with Gasteiger partial charge in [0.2, 0.25) is 5.91 Å². The number of anilines is 2. The predicted octanol–water partition coefficient (Wildman–Crippen LogP) is 2.74. The molecule has 1 saturated carbocycles. The lowest BCUT2D eigenvalue weighted by atomic mass is 9.86. The van der Waals surface area contributed by atoms with Crippen LogP contribution in [-0.4, -0.2) is 25.0 Å². The SMILES string of the molecule is NC1CCC(CNc2ccc(N3CCCC3=O)cc2)CC1. The lowest BCUT2D eigenvalue weighted by Gasteiger charge is -2.26. The summed E-state index contributed by atoms with van der Waals surface area (Å²) >= 11 is 0. The number of carbonyl (C=O) groups excluding carboxylic acids is 1. The second kappa shape index (κ2) is 6.48. The molecule has 0 aromatic heterocycles. The molecule has 2 aliphatic rings. The van der Waals surface area contributed by atoms with E-state index in [0.717, 1.165) is 49.6 Å². The van der Waals surface area contributed by atoms with Crippen LogP contribution in [0.4, 0.5) is 11.4 Å². The van der Waals surface area contributed by atoms with Crippen molar-refractivity contribution in [2.75, 3.05) is 23.3 Å². The molecule has 4 heteroatoms. The summed E-state index contributed by atoms with van der Waals surface area (Å²) in [5.74, 6) is 0.985. The Hall–Kier alpha value is -1.55. The van der Waals surface area contributed by atoms with Gasteiger partial charge in [0.05, 0.1) is 0 Å². The highest BCUT2D eigenvalue weighted by atomic mass is 16.2. The van der Waals surface area contributed by atoms with E-state index in [-0.39, 0.29) is 5.91 Å². The Morgan fingerprint density at radius 2 is 1.86 bits per heavy atom. The Labute approximate surface area is 126 Å². The highest BCUT2D eigenvalue weighted by Gasteiger charge is 2.21. The van der Waals surface area contributed by atoms with Crippen LogP contribution in [0.3, 0.4) is 0 Å². The van der Waals surface area contributed by atoms with Crippen LogP contribution < -0.4 is 16.0 Å². The van der Waals surface area contributed by atoms with Gasteiger partial charge in [0.15, 0.2) is 0 Å². The van der Waals surface area contributed by atoms with Crippen LogP contribution >= 0.6 is 0 Å². The molecule has 3 rings (SSSR count). The van der Waals surface area contributed by atoms with Crippen molar-refractivity contribution < 1.29 is 4.79 Å². The maximum Gasteiger partial charge on any atom is 0.227 e. The summed E-state index contributed by atoms with van der Waals surface area (Å²) in [6.07, 6.45) is 6.43. The molecule has 0 bridgehead atoms. The number of amides is 1. The van der Waals surface area contributed by atoms with Crippen molar-refractivity contribution in [1.29, 1.82) is 0 Å². The number of nitrogens with one attached hydrogen (secondary N) is 1. The van der Waals surface area contributed by atoms with Crippen LogP contribution in [0.5, 0.6) is 0 Å². The molecule has 2 fully saturated rings. The summed E-state index contributed by atoms with van der Waals surface area (Å²) in [7, 11) is 0. The Morgan fingerprint density at radius 3 is 2.48 bits per heavy atom. The van der Waals surface area contributed by atoms with Crippen LogP contribution in [-0.2, 0) is 4.79 Å². The van der Waals surface area contributed by atoms with Gasteiger partial charge in [-0.2, -0.15) is 0 Å². The van der Waals surface area contributed by atoms with Crippen LogP contribution in [0.1, 0.15) is 38.5 Å². The number of nitrogens with zero attached hydrogens (tertiary/aromatic N) is 1. The third-order valence-corrected chi connectivity index (χ3v) is 4.74. The van der Waals surface area contributed by atoms with Crippen LogP contribution in [0, 0.1) is 5.92 Å². The molecule has 1 saturated heterocycles. The Balaban J connectivity index is 1.51. The van der Waals surface area contributed by atoms with E-state index >= 15 is 0 Å². The number of carbonyl (C=O) groups is 1. The minimum absolute atomic E-state index is 0.245. The van der Waals surface area contributed by atoms with Gasteiger partial charge in [0, 0.05) is 36.9 Å². The second-order valence-electron chi connectivity index (χ2n) is 6.36. The van der Waals surface area contributed by atoms with Gasteiger partial charge in [-0.05, 0) is 62.3 Å². The first-order chi connectivity index (χ1) is 10.2. The normalized spacial score (nSPS) is 26.1. The third-order valence-electron chi connectivity index (χ3n) is 4.74. The van der Waals surface area contributed by atoms with Crippen molar-refractivity contribution in [3.63, 3.8) is 0 Å². The molecule has 114 valence electrons. The fourth-order valence-corrected chi connectivity index (χ4v) is 3.33. The molecule has 3 N–H and O–H groups in total. The Morgan fingerprint density at radius 1 is 1.14 bits per heavy atom. The number of hydrogen-bond donors (Lipinski definition) is 2. The van der Waals surface area contributed by atoms with Gasteiger partial charge in [-0.25, -0.2) is 0 Å². The topological polar surface area (TPSA) is 58.4 Å². The van der Waals surface area contributed by atoms with E-state index < -0.39 is 0 Å².